The van der Waals surface area contributed by atoms with E-state index in [0.717, 1.165) is 24.5 Å². The highest BCUT2D eigenvalue weighted by Gasteiger charge is 2.13. The molecule has 1 aromatic carbocycles. The molecular weight excluding hydrogens is 260 g/mol. The van der Waals surface area contributed by atoms with Gasteiger partial charge in [-0.3, -0.25) is 0 Å². The topological polar surface area (TPSA) is 62.2 Å². The minimum absolute atomic E-state index is 0.345. The quantitative estimate of drug-likeness (QED) is 0.796. The Balaban J connectivity index is 1.80. The molecule has 0 aliphatic heterocycles. The number of carboxylic acids is 1. The molecule has 0 aliphatic rings. The standard InChI is InChI=1S/C14H16N2O2S/c1-10-13(14(17)18)19-12(16-10)7-8-15-9-11-5-3-2-4-6-11/h2-6,15H,7-9H2,1H3,(H,17,18). The van der Waals surface area contributed by atoms with Crippen LogP contribution in [0.1, 0.15) is 25.9 Å². The van der Waals surface area contributed by atoms with Gasteiger partial charge in [-0.1, -0.05) is 30.3 Å². The van der Waals surface area contributed by atoms with E-state index in [1.54, 1.807) is 6.92 Å². The van der Waals surface area contributed by atoms with Crippen LogP contribution in [0.3, 0.4) is 0 Å². The van der Waals surface area contributed by atoms with Crippen molar-refractivity contribution in [2.45, 2.75) is 19.9 Å². The summed E-state index contributed by atoms with van der Waals surface area (Å²) in [6, 6.07) is 10.2. The van der Waals surface area contributed by atoms with Crippen LogP contribution in [-0.2, 0) is 13.0 Å². The van der Waals surface area contributed by atoms with Gasteiger partial charge in [-0.2, -0.15) is 0 Å². The minimum atomic E-state index is -0.890. The lowest BCUT2D eigenvalue weighted by atomic mass is 10.2. The van der Waals surface area contributed by atoms with E-state index in [4.69, 9.17) is 5.11 Å². The molecule has 0 bridgehead atoms. The molecule has 0 fully saturated rings. The van der Waals surface area contributed by atoms with Crippen LogP contribution in [-0.4, -0.2) is 22.6 Å². The second-order valence-electron chi connectivity index (χ2n) is 4.24. The summed E-state index contributed by atoms with van der Waals surface area (Å²) in [4.78, 5) is 15.5. The fraction of sp³-hybridized carbons (Fsp3) is 0.286. The second-order valence-corrected chi connectivity index (χ2v) is 5.32. The van der Waals surface area contributed by atoms with E-state index in [9.17, 15) is 4.79 Å². The lowest BCUT2D eigenvalue weighted by Gasteiger charge is -2.02. The van der Waals surface area contributed by atoms with Gasteiger partial charge in [0.15, 0.2) is 0 Å². The van der Waals surface area contributed by atoms with E-state index >= 15 is 0 Å². The molecule has 2 rings (SSSR count). The summed E-state index contributed by atoms with van der Waals surface area (Å²) in [7, 11) is 0. The largest absolute Gasteiger partial charge is 0.477 e. The number of aryl methyl sites for hydroxylation is 1. The monoisotopic (exact) mass is 276 g/mol. The van der Waals surface area contributed by atoms with Crippen LogP contribution in [0.25, 0.3) is 0 Å². The lowest BCUT2D eigenvalue weighted by Crippen LogP contribution is -2.16. The van der Waals surface area contributed by atoms with E-state index in [-0.39, 0.29) is 0 Å². The number of nitrogens with one attached hydrogen (secondary N) is 1. The number of aromatic nitrogens is 1. The average molecular weight is 276 g/mol. The molecule has 0 atom stereocenters. The third-order valence-corrected chi connectivity index (χ3v) is 3.93. The Morgan fingerprint density at radius 3 is 2.74 bits per heavy atom. The lowest BCUT2D eigenvalue weighted by molar-refractivity contribution is 0.0701. The molecule has 0 aliphatic carbocycles. The van der Waals surface area contributed by atoms with Crippen molar-refractivity contribution in [3.63, 3.8) is 0 Å². The van der Waals surface area contributed by atoms with E-state index in [1.807, 2.05) is 18.2 Å². The number of thiazole rings is 1. The maximum atomic E-state index is 10.9. The molecule has 0 saturated carbocycles. The first-order valence-corrected chi connectivity index (χ1v) is 6.92. The van der Waals surface area contributed by atoms with Gasteiger partial charge < -0.3 is 10.4 Å². The average Bonchev–Trinajstić information content (AvgIpc) is 2.77. The van der Waals surface area contributed by atoms with Crippen molar-refractivity contribution in [2.75, 3.05) is 6.54 Å². The van der Waals surface area contributed by atoms with Gasteiger partial charge in [0.2, 0.25) is 0 Å². The van der Waals surface area contributed by atoms with Crippen molar-refractivity contribution >= 4 is 17.3 Å². The molecule has 0 spiro atoms. The van der Waals surface area contributed by atoms with Crippen molar-refractivity contribution in [3.05, 3.63) is 51.5 Å². The third kappa shape index (κ3) is 3.87. The molecule has 4 nitrogen and oxygen atoms in total. The molecule has 0 radical (unpaired) electrons. The molecule has 100 valence electrons. The summed E-state index contributed by atoms with van der Waals surface area (Å²) in [5, 5.41) is 13.2. The van der Waals surface area contributed by atoms with Crippen LogP contribution in [0.2, 0.25) is 0 Å². The summed E-state index contributed by atoms with van der Waals surface area (Å²) in [6.07, 6.45) is 0.756. The van der Waals surface area contributed by atoms with Gasteiger partial charge in [0, 0.05) is 19.5 Å². The van der Waals surface area contributed by atoms with Crippen LogP contribution in [0.4, 0.5) is 0 Å². The zero-order valence-corrected chi connectivity index (χ0v) is 11.5. The summed E-state index contributed by atoms with van der Waals surface area (Å²) >= 11 is 1.26. The molecule has 0 saturated heterocycles. The first-order valence-electron chi connectivity index (χ1n) is 6.11. The normalized spacial score (nSPS) is 10.6. The van der Waals surface area contributed by atoms with E-state index < -0.39 is 5.97 Å². The predicted molar refractivity (Wildman–Crippen MR) is 75.7 cm³/mol. The Morgan fingerprint density at radius 2 is 2.11 bits per heavy atom. The maximum Gasteiger partial charge on any atom is 0.347 e. The number of carbonyl (C=O) groups is 1. The highest BCUT2D eigenvalue weighted by molar-refractivity contribution is 7.13. The first kappa shape index (κ1) is 13.7. The number of aromatic carboxylic acids is 1. The van der Waals surface area contributed by atoms with Crippen LogP contribution in [0.15, 0.2) is 30.3 Å². The number of carboxylic acid groups (broad SMARTS) is 1. The molecule has 5 heteroatoms. The zero-order chi connectivity index (χ0) is 13.7. The van der Waals surface area contributed by atoms with Crippen LogP contribution in [0.5, 0.6) is 0 Å². The molecule has 2 N–H and O–H groups in total. The van der Waals surface area contributed by atoms with Gasteiger partial charge in [-0.05, 0) is 12.5 Å². The summed E-state index contributed by atoms with van der Waals surface area (Å²) in [5.41, 5.74) is 1.85. The number of benzene rings is 1. The number of rotatable bonds is 6. The van der Waals surface area contributed by atoms with Crippen molar-refractivity contribution in [1.29, 1.82) is 0 Å². The van der Waals surface area contributed by atoms with Crippen LogP contribution in [0, 0.1) is 6.92 Å². The van der Waals surface area contributed by atoms with Crippen LogP contribution < -0.4 is 5.32 Å². The zero-order valence-electron chi connectivity index (χ0n) is 10.7. The fourth-order valence-corrected chi connectivity index (χ4v) is 2.68. The van der Waals surface area contributed by atoms with Crippen LogP contribution >= 0.6 is 11.3 Å². The van der Waals surface area contributed by atoms with Crippen molar-refractivity contribution in [3.8, 4) is 0 Å². The Kier molecular flexibility index (Phi) is 4.65. The maximum absolute atomic E-state index is 10.9. The van der Waals surface area contributed by atoms with E-state index in [1.165, 1.54) is 16.9 Å². The second kappa shape index (κ2) is 6.45. The van der Waals surface area contributed by atoms with Gasteiger partial charge >= 0.3 is 5.97 Å². The Labute approximate surface area is 116 Å². The summed E-state index contributed by atoms with van der Waals surface area (Å²) < 4.78 is 0. The van der Waals surface area contributed by atoms with Gasteiger partial charge in [0.1, 0.15) is 4.88 Å². The number of hydrogen-bond donors (Lipinski definition) is 2. The molecule has 0 unspecified atom stereocenters. The summed E-state index contributed by atoms with van der Waals surface area (Å²) in [6.45, 7) is 3.35. The molecule has 1 aromatic heterocycles. The minimum Gasteiger partial charge on any atom is -0.477 e. The molecule has 1 heterocycles. The Hall–Kier alpha value is -1.72. The third-order valence-electron chi connectivity index (χ3n) is 2.72. The fourth-order valence-electron chi connectivity index (χ4n) is 1.78. The van der Waals surface area contributed by atoms with Gasteiger partial charge in [0.25, 0.3) is 0 Å². The van der Waals surface area contributed by atoms with Crippen molar-refractivity contribution < 1.29 is 9.90 Å². The van der Waals surface area contributed by atoms with Gasteiger partial charge in [-0.25, -0.2) is 9.78 Å². The van der Waals surface area contributed by atoms with E-state index in [0.29, 0.717) is 10.6 Å². The van der Waals surface area contributed by atoms with E-state index in [2.05, 4.69) is 22.4 Å². The van der Waals surface area contributed by atoms with Crippen molar-refractivity contribution in [2.24, 2.45) is 0 Å². The number of nitrogens with zero attached hydrogens (tertiary/aromatic N) is 1. The number of hydrogen-bond acceptors (Lipinski definition) is 4. The van der Waals surface area contributed by atoms with Gasteiger partial charge in [-0.15, -0.1) is 11.3 Å². The molecule has 2 aromatic rings. The molecular formula is C14H16N2O2S. The molecule has 19 heavy (non-hydrogen) atoms. The summed E-state index contributed by atoms with van der Waals surface area (Å²) in [5.74, 6) is -0.890. The Bertz CT molecular complexity index is 552. The smallest absolute Gasteiger partial charge is 0.347 e. The van der Waals surface area contributed by atoms with Crippen molar-refractivity contribution in [1.82, 2.24) is 10.3 Å². The SMILES string of the molecule is Cc1nc(CCNCc2ccccc2)sc1C(=O)O. The Morgan fingerprint density at radius 1 is 1.37 bits per heavy atom. The highest BCUT2D eigenvalue weighted by atomic mass is 32.1. The van der Waals surface area contributed by atoms with Gasteiger partial charge in [0.05, 0.1) is 10.7 Å². The molecule has 0 amide bonds. The first-order chi connectivity index (χ1) is 9.16. The predicted octanol–water partition coefficient (Wildman–Crippen LogP) is 2.48. The highest BCUT2D eigenvalue weighted by Crippen LogP contribution is 2.18.